The maximum absolute atomic E-state index is 8.52. The van der Waals surface area contributed by atoms with Crippen LogP contribution >= 0.6 is 12.4 Å². The summed E-state index contributed by atoms with van der Waals surface area (Å²) in [6.07, 6.45) is 1.17. The summed E-state index contributed by atoms with van der Waals surface area (Å²) in [5.41, 5.74) is 11.9. The number of nitriles is 1. The lowest BCUT2D eigenvalue weighted by molar-refractivity contribution is 0.312. The molecule has 0 spiro atoms. The Labute approximate surface area is 142 Å². The minimum absolute atomic E-state index is 0. The summed E-state index contributed by atoms with van der Waals surface area (Å²) in [6.45, 7) is 4.30. The van der Waals surface area contributed by atoms with Crippen molar-refractivity contribution in [1.29, 1.82) is 5.26 Å². The maximum atomic E-state index is 8.52. The Balaban J connectivity index is 0.00000264. The molecular formula is C15H21ClN6O. The minimum Gasteiger partial charge on any atom is -0.493 e. The van der Waals surface area contributed by atoms with Gasteiger partial charge in [0.05, 0.1) is 12.7 Å². The standard InChI is InChI=1S/C15H20N6O.ClH/c1-15(2)20-13(17)19-14(18)21(15)11-6-5-7-12(10-11)22-9-4-3-8-16;/h5-7,10H,3-4,9H2,1-2H3,(H4,17,18,19,20);1H. The number of hydrogen-bond donors (Lipinski definition) is 2. The second-order valence-corrected chi connectivity index (χ2v) is 5.38. The summed E-state index contributed by atoms with van der Waals surface area (Å²) in [7, 11) is 0. The van der Waals surface area contributed by atoms with Gasteiger partial charge in [0, 0.05) is 18.2 Å². The zero-order valence-corrected chi connectivity index (χ0v) is 14.0. The predicted molar refractivity (Wildman–Crippen MR) is 93.8 cm³/mol. The zero-order valence-electron chi connectivity index (χ0n) is 13.2. The molecule has 1 aromatic rings. The fourth-order valence-corrected chi connectivity index (χ4v) is 2.30. The Hall–Kier alpha value is -2.46. The molecule has 0 radical (unpaired) electrons. The normalized spacial score (nSPS) is 15.8. The number of benzene rings is 1. The molecule has 0 bridgehead atoms. The van der Waals surface area contributed by atoms with Crippen LogP contribution in [0.4, 0.5) is 5.69 Å². The van der Waals surface area contributed by atoms with E-state index in [-0.39, 0.29) is 18.4 Å². The van der Waals surface area contributed by atoms with Gasteiger partial charge >= 0.3 is 0 Å². The van der Waals surface area contributed by atoms with Gasteiger partial charge in [0.25, 0.3) is 0 Å². The molecule has 0 aliphatic carbocycles. The largest absolute Gasteiger partial charge is 0.493 e. The molecule has 0 atom stereocenters. The van der Waals surface area contributed by atoms with E-state index in [1.165, 1.54) is 0 Å². The smallest absolute Gasteiger partial charge is 0.220 e. The van der Waals surface area contributed by atoms with Gasteiger partial charge in [0.2, 0.25) is 11.9 Å². The lowest BCUT2D eigenvalue weighted by Gasteiger charge is -2.38. The van der Waals surface area contributed by atoms with Crippen LogP contribution in [-0.4, -0.2) is 24.2 Å². The third-order valence-electron chi connectivity index (χ3n) is 3.17. The van der Waals surface area contributed by atoms with Crippen LogP contribution in [-0.2, 0) is 0 Å². The number of nitrogens with two attached hydrogens (primary N) is 2. The Morgan fingerprint density at radius 2 is 2.09 bits per heavy atom. The van der Waals surface area contributed by atoms with Crippen LogP contribution < -0.4 is 21.1 Å². The van der Waals surface area contributed by atoms with Gasteiger partial charge in [-0.25, -0.2) is 4.99 Å². The number of hydrogen-bond acceptors (Lipinski definition) is 7. The van der Waals surface area contributed by atoms with Crippen molar-refractivity contribution in [3.8, 4) is 11.8 Å². The van der Waals surface area contributed by atoms with E-state index in [1.54, 1.807) is 4.90 Å². The van der Waals surface area contributed by atoms with E-state index in [0.717, 1.165) is 5.69 Å². The van der Waals surface area contributed by atoms with Crippen molar-refractivity contribution >= 4 is 30.0 Å². The molecule has 0 aromatic heterocycles. The summed E-state index contributed by atoms with van der Waals surface area (Å²) in [5.74, 6) is 1.17. The van der Waals surface area contributed by atoms with Gasteiger partial charge in [-0.2, -0.15) is 10.3 Å². The lowest BCUT2D eigenvalue weighted by atomic mass is 10.1. The fraction of sp³-hybridized carbons (Fsp3) is 0.400. The molecule has 0 fully saturated rings. The predicted octanol–water partition coefficient (Wildman–Crippen LogP) is 1.98. The first-order valence-electron chi connectivity index (χ1n) is 7.03. The monoisotopic (exact) mass is 336 g/mol. The van der Waals surface area contributed by atoms with Crippen LogP contribution in [0.2, 0.25) is 0 Å². The Bertz CT molecular complexity index is 650. The molecule has 1 aliphatic rings. The highest BCUT2D eigenvalue weighted by Gasteiger charge is 2.33. The number of ether oxygens (including phenoxy) is 1. The third kappa shape index (κ3) is 4.50. The number of nitrogens with zero attached hydrogens (tertiary/aromatic N) is 4. The van der Waals surface area contributed by atoms with Gasteiger partial charge in [0.1, 0.15) is 11.4 Å². The van der Waals surface area contributed by atoms with E-state index in [1.807, 2.05) is 38.1 Å². The van der Waals surface area contributed by atoms with Crippen LogP contribution in [0.5, 0.6) is 5.75 Å². The van der Waals surface area contributed by atoms with E-state index >= 15 is 0 Å². The number of anilines is 1. The topological polar surface area (TPSA) is 113 Å². The molecule has 1 aromatic carbocycles. The molecule has 1 aliphatic heterocycles. The van der Waals surface area contributed by atoms with Crippen LogP contribution in [0.15, 0.2) is 34.3 Å². The van der Waals surface area contributed by atoms with Crippen LogP contribution in [0, 0.1) is 11.3 Å². The highest BCUT2D eigenvalue weighted by Crippen LogP contribution is 2.29. The first kappa shape index (κ1) is 18.6. The second kappa shape index (κ2) is 7.70. The summed E-state index contributed by atoms with van der Waals surface area (Å²) >= 11 is 0. The van der Waals surface area contributed by atoms with Gasteiger partial charge in [-0.1, -0.05) is 6.07 Å². The molecule has 2 rings (SSSR count). The molecule has 0 saturated heterocycles. The number of halogens is 1. The molecule has 7 nitrogen and oxygen atoms in total. The summed E-state index contributed by atoms with van der Waals surface area (Å²) in [6, 6.07) is 9.60. The van der Waals surface area contributed by atoms with Crippen molar-refractivity contribution in [3.05, 3.63) is 24.3 Å². The molecule has 124 valence electrons. The Morgan fingerprint density at radius 3 is 2.74 bits per heavy atom. The van der Waals surface area contributed by atoms with E-state index in [0.29, 0.717) is 31.2 Å². The summed E-state index contributed by atoms with van der Waals surface area (Å²) < 4.78 is 5.65. The number of rotatable bonds is 5. The number of unbranched alkanes of at least 4 members (excludes halogenated alkanes) is 1. The molecule has 8 heteroatoms. The van der Waals surface area contributed by atoms with E-state index < -0.39 is 5.66 Å². The first-order chi connectivity index (χ1) is 10.4. The Morgan fingerprint density at radius 1 is 1.35 bits per heavy atom. The van der Waals surface area contributed by atoms with Crippen molar-refractivity contribution in [1.82, 2.24) is 0 Å². The molecule has 0 saturated carbocycles. The van der Waals surface area contributed by atoms with Gasteiger partial charge < -0.3 is 16.2 Å². The van der Waals surface area contributed by atoms with Crippen molar-refractivity contribution in [2.45, 2.75) is 32.4 Å². The van der Waals surface area contributed by atoms with E-state index in [9.17, 15) is 0 Å². The third-order valence-corrected chi connectivity index (χ3v) is 3.17. The lowest BCUT2D eigenvalue weighted by Crippen LogP contribution is -2.54. The number of guanidine groups is 2. The van der Waals surface area contributed by atoms with Gasteiger partial charge in [0.15, 0.2) is 0 Å². The average molecular weight is 337 g/mol. The van der Waals surface area contributed by atoms with Crippen molar-refractivity contribution in [2.75, 3.05) is 11.5 Å². The van der Waals surface area contributed by atoms with Crippen molar-refractivity contribution in [3.63, 3.8) is 0 Å². The summed E-state index contributed by atoms with van der Waals surface area (Å²) in [4.78, 5) is 10.1. The highest BCUT2D eigenvalue weighted by atomic mass is 35.5. The average Bonchev–Trinajstić information content (AvgIpc) is 2.42. The van der Waals surface area contributed by atoms with Gasteiger partial charge in [-0.15, -0.1) is 12.4 Å². The van der Waals surface area contributed by atoms with Crippen molar-refractivity contribution < 1.29 is 4.74 Å². The van der Waals surface area contributed by atoms with E-state index in [2.05, 4.69) is 16.1 Å². The highest BCUT2D eigenvalue weighted by molar-refractivity contribution is 6.05. The van der Waals surface area contributed by atoms with Crippen LogP contribution in [0.1, 0.15) is 26.7 Å². The maximum Gasteiger partial charge on any atom is 0.220 e. The summed E-state index contributed by atoms with van der Waals surface area (Å²) in [5, 5.41) is 8.52. The molecule has 23 heavy (non-hydrogen) atoms. The zero-order chi connectivity index (χ0) is 16.2. The SMILES string of the molecule is CC1(C)N=C(N)N=C(N)N1c1cccc(OCCCC#N)c1.Cl. The number of aliphatic imine (C=N–C) groups is 2. The minimum atomic E-state index is -0.630. The van der Waals surface area contributed by atoms with Crippen molar-refractivity contribution in [2.24, 2.45) is 21.5 Å². The second-order valence-electron chi connectivity index (χ2n) is 5.38. The van der Waals surface area contributed by atoms with Gasteiger partial charge in [-0.3, -0.25) is 4.90 Å². The van der Waals surface area contributed by atoms with E-state index in [4.69, 9.17) is 21.5 Å². The molecular weight excluding hydrogens is 316 g/mol. The molecule has 1 heterocycles. The molecule has 4 N–H and O–H groups in total. The molecule has 0 amide bonds. The molecule has 0 unspecified atom stereocenters. The van der Waals surface area contributed by atoms with Gasteiger partial charge in [-0.05, 0) is 32.4 Å². The van der Waals surface area contributed by atoms with Crippen LogP contribution in [0.25, 0.3) is 0 Å². The fourth-order valence-electron chi connectivity index (χ4n) is 2.30. The Kier molecular flexibility index (Phi) is 6.22. The first-order valence-corrected chi connectivity index (χ1v) is 7.03. The van der Waals surface area contributed by atoms with Crippen LogP contribution in [0.3, 0.4) is 0 Å². The quantitative estimate of drug-likeness (QED) is 0.798.